The van der Waals surface area contributed by atoms with E-state index in [-0.39, 0.29) is 0 Å². The van der Waals surface area contributed by atoms with Crippen molar-refractivity contribution in [1.82, 2.24) is 29.9 Å². The molecule has 6 nitrogen and oxygen atoms in total. The van der Waals surface area contributed by atoms with Crippen LogP contribution in [0.4, 0.5) is 0 Å². The molecule has 6 aromatic heterocycles. The van der Waals surface area contributed by atoms with Gasteiger partial charge in [-0.15, -0.1) is 0 Å². The maximum atomic E-state index is 5.26. The van der Waals surface area contributed by atoms with Crippen LogP contribution in [0.2, 0.25) is 0 Å². The number of benzene rings is 12. The van der Waals surface area contributed by atoms with E-state index >= 15 is 0 Å². The Bertz CT molecular complexity index is 6520. The minimum absolute atomic E-state index is 0.782. The molecule has 18 aromatic rings. The van der Waals surface area contributed by atoms with Crippen molar-refractivity contribution >= 4 is 0 Å². The third-order valence-corrected chi connectivity index (χ3v) is 23.2. The Labute approximate surface area is 680 Å². The summed E-state index contributed by atoms with van der Waals surface area (Å²) in [5, 5.41) is 0. The van der Waals surface area contributed by atoms with Crippen molar-refractivity contribution in [2.24, 2.45) is 0 Å². The van der Waals surface area contributed by atoms with Crippen LogP contribution in [0.3, 0.4) is 0 Å². The van der Waals surface area contributed by atoms with Crippen LogP contribution in [0.25, 0.3) is 190 Å². The molecule has 116 heavy (non-hydrogen) atoms. The van der Waals surface area contributed by atoms with Gasteiger partial charge in [-0.1, -0.05) is 231 Å². The molecule has 554 valence electrons. The van der Waals surface area contributed by atoms with E-state index in [0.29, 0.717) is 0 Å². The first kappa shape index (κ1) is 73.0. The van der Waals surface area contributed by atoms with Gasteiger partial charge in [0.2, 0.25) is 0 Å². The zero-order valence-corrected chi connectivity index (χ0v) is 66.3. The van der Waals surface area contributed by atoms with E-state index in [1.54, 1.807) is 0 Å². The maximum Gasteiger partial charge on any atom is 0.0886 e. The summed E-state index contributed by atoms with van der Waals surface area (Å²) in [6, 6.07) is 119. The molecule has 6 heterocycles. The van der Waals surface area contributed by atoms with Crippen LogP contribution < -0.4 is 0 Å². The number of hydrogen-bond acceptors (Lipinski definition) is 6. The topological polar surface area (TPSA) is 77.3 Å². The number of aromatic nitrogens is 6. The molecule has 0 unspecified atom stereocenters. The van der Waals surface area contributed by atoms with Crippen LogP contribution in [0, 0.1) is 55.4 Å². The highest BCUT2D eigenvalue weighted by Crippen LogP contribution is 2.48. The first-order valence-corrected chi connectivity index (χ1v) is 39.7. The summed E-state index contributed by atoms with van der Waals surface area (Å²) >= 11 is 0. The van der Waals surface area contributed by atoms with Gasteiger partial charge in [0.1, 0.15) is 0 Å². The highest BCUT2D eigenvalue weighted by molar-refractivity contribution is 5.98. The molecule has 0 radical (unpaired) electrons. The van der Waals surface area contributed by atoms with Crippen LogP contribution in [-0.2, 0) is 0 Å². The molecule has 6 heteroatoms. The molecular weight excluding hydrogens is 1410 g/mol. The van der Waals surface area contributed by atoms with Crippen molar-refractivity contribution in [3.8, 4) is 190 Å². The van der Waals surface area contributed by atoms with Crippen LogP contribution in [-0.4, -0.2) is 29.9 Å². The van der Waals surface area contributed by atoms with Gasteiger partial charge >= 0.3 is 0 Å². The molecule has 0 atom stereocenters. The zero-order valence-electron chi connectivity index (χ0n) is 66.3. The number of rotatable bonds is 17. The van der Waals surface area contributed by atoms with Gasteiger partial charge in [0.25, 0.3) is 0 Å². The summed E-state index contributed by atoms with van der Waals surface area (Å²) in [6.07, 6.45) is 11.4. The quantitative estimate of drug-likeness (QED) is 0.0904. The van der Waals surface area contributed by atoms with E-state index in [9.17, 15) is 0 Å². The van der Waals surface area contributed by atoms with Crippen molar-refractivity contribution < 1.29 is 0 Å². The second-order valence-corrected chi connectivity index (χ2v) is 30.6. The third kappa shape index (κ3) is 14.7. The number of nitrogens with zero attached hydrogens (tertiary/aromatic N) is 6. The standard InChI is InChI=1S/C110H84N6/c1-69-29-48-97(77-30-38-81(39-31-77)104-25-13-17-51-111-104)110(76(69)8)92-65-88(63-91(66-92)103-60-75(7)72(4)57-100(103)80-36-44-84(45-37-80)107-28-16-20-54-114-107)96-24-12-10-22-94(96)86-47-50-109(116-68-86)108-49-46-85(67-115-108)93-21-9-11-23-95(93)87-61-89(101-58-73(5)70(2)55-98(101)78-32-40-82(41-33-78)105-26-14-18-52-112-105)64-90(62-87)102-59-74(6)71(3)56-99(102)79-34-42-83(43-35-79)106-27-15-19-53-113-106/h9-68H,1-8H3. The first-order valence-electron chi connectivity index (χ1n) is 39.7. The maximum absolute atomic E-state index is 5.26. The highest BCUT2D eigenvalue weighted by atomic mass is 14.8. The third-order valence-electron chi connectivity index (χ3n) is 23.2. The first-order chi connectivity index (χ1) is 56.8. The minimum atomic E-state index is 0.782. The van der Waals surface area contributed by atoms with Crippen LogP contribution in [0.5, 0.6) is 0 Å². The molecule has 0 fully saturated rings. The highest BCUT2D eigenvalue weighted by Gasteiger charge is 2.23. The average Bonchev–Trinajstić information content (AvgIpc) is 0.754. The summed E-state index contributed by atoms with van der Waals surface area (Å²) < 4.78 is 0. The van der Waals surface area contributed by atoms with Crippen molar-refractivity contribution in [3.05, 3.63) is 409 Å². The van der Waals surface area contributed by atoms with E-state index in [2.05, 4.69) is 354 Å². The Morgan fingerprint density at radius 2 is 0.388 bits per heavy atom. The lowest BCUT2D eigenvalue weighted by Gasteiger charge is -2.21. The Hall–Kier alpha value is -14.5. The lowest BCUT2D eigenvalue weighted by molar-refractivity contribution is 1.25. The average molecular weight is 1490 g/mol. The van der Waals surface area contributed by atoms with Crippen LogP contribution >= 0.6 is 0 Å². The fraction of sp³-hybridized carbons (Fsp3) is 0.0727. The summed E-state index contributed by atoms with van der Waals surface area (Å²) in [5.74, 6) is 0. The molecule has 0 bridgehead atoms. The van der Waals surface area contributed by atoms with Crippen LogP contribution in [0.1, 0.15) is 44.5 Å². The Kier molecular flexibility index (Phi) is 19.9. The molecule has 0 saturated heterocycles. The van der Waals surface area contributed by atoms with E-state index in [4.69, 9.17) is 9.97 Å². The molecule has 18 rings (SSSR count). The molecular formula is C110H84N6. The van der Waals surface area contributed by atoms with Crippen molar-refractivity contribution in [1.29, 1.82) is 0 Å². The molecule has 0 amide bonds. The van der Waals surface area contributed by atoms with Gasteiger partial charge in [-0.2, -0.15) is 0 Å². The summed E-state index contributed by atoms with van der Waals surface area (Å²) in [5.41, 5.74) is 46.4. The second kappa shape index (κ2) is 31.6. The van der Waals surface area contributed by atoms with Crippen molar-refractivity contribution in [2.45, 2.75) is 55.4 Å². The monoisotopic (exact) mass is 1490 g/mol. The summed E-state index contributed by atoms with van der Waals surface area (Å²) in [4.78, 5) is 29.3. The lowest BCUT2D eigenvalue weighted by Crippen LogP contribution is -1.96. The van der Waals surface area contributed by atoms with E-state index in [1.165, 1.54) is 72.3 Å². The molecule has 0 aliphatic carbocycles. The predicted molar refractivity (Wildman–Crippen MR) is 484 cm³/mol. The number of hydrogen-bond donors (Lipinski definition) is 0. The lowest BCUT2D eigenvalue weighted by atomic mass is 9.83. The van der Waals surface area contributed by atoms with Gasteiger partial charge in [-0.05, 0) is 319 Å². The van der Waals surface area contributed by atoms with Crippen LogP contribution in [0.15, 0.2) is 365 Å². The summed E-state index contributed by atoms with van der Waals surface area (Å²) in [6.45, 7) is 17.8. The smallest absolute Gasteiger partial charge is 0.0886 e. The van der Waals surface area contributed by atoms with Gasteiger partial charge in [0.05, 0.1) is 34.2 Å². The minimum Gasteiger partial charge on any atom is -0.256 e. The van der Waals surface area contributed by atoms with E-state index < -0.39 is 0 Å². The normalized spacial score (nSPS) is 11.3. The summed E-state index contributed by atoms with van der Waals surface area (Å²) in [7, 11) is 0. The van der Waals surface area contributed by atoms with Gasteiger partial charge in [-0.3, -0.25) is 29.9 Å². The van der Waals surface area contributed by atoms with Gasteiger partial charge in [0.15, 0.2) is 0 Å². The fourth-order valence-corrected chi connectivity index (χ4v) is 16.3. The van der Waals surface area contributed by atoms with Gasteiger partial charge in [-0.25, -0.2) is 0 Å². The van der Waals surface area contributed by atoms with Crippen molar-refractivity contribution in [3.63, 3.8) is 0 Å². The number of pyridine rings is 6. The Morgan fingerprint density at radius 1 is 0.147 bits per heavy atom. The Balaban J connectivity index is 0.719. The molecule has 0 N–H and O–H groups in total. The largest absolute Gasteiger partial charge is 0.256 e. The SMILES string of the molecule is Cc1cc(-c2ccc(-c3ccccn3)cc2)c(-c2cc(-c3ccccc3-c3ccc(-c4ccc(-c5ccccc5-c5cc(-c6cc(C)c(C)cc6-c6ccc(-c7ccccn7)cc6)cc(-c6c(-c7ccc(-c8ccccn8)cc7)ccc(C)c6C)c5)cn4)nc3)cc(-c3cc(C)c(C)cc3-c3ccc(-c4ccccn4)cc3)c2)cc1C. The van der Waals surface area contributed by atoms with Gasteiger partial charge < -0.3 is 0 Å². The molecule has 12 aromatic carbocycles. The fourth-order valence-electron chi connectivity index (χ4n) is 16.3. The van der Waals surface area contributed by atoms with E-state index in [1.807, 2.05) is 85.7 Å². The zero-order chi connectivity index (χ0) is 78.9. The number of aryl methyl sites for hydroxylation is 7. The molecule has 0 saturated carbocycles. The predicted octanol–water partition coefficient (Wildman–Crippen LogP) is 28.9. The molecule has 0 spiro atoms. The molecule has 0 aliphatic rings. The molecule has 0 aliphatic heterocycles. The van der Waals surface area contributed by atoms with Gasteiger partial charge in [0, 0.05) is 70.6 Å². The van der Waals surface area contributed by atoms with Crippen molar-refractivity contribution in [2.75, 3.05) is 0 Å². The Morgan fingerprint density at radius 3 is 0.664 bits per heavy atom. The van der Waals surface area contributed by atoms with E-state index in [0.717, 1.165) is 162 Å². The second-order valence-electron chi connectivity index (χ2n) is 30.6.